The Morgan fingerprint density at radius 3 is 1.05 bits per heavy atom. The number of quaternary nitrogens is 1. The lowest BCUT2D eigenvalue weighted by Gasteiger charge is -2.23. The predicted octanol–water partition coefficient (Wildman–Crippen LogP) is 6.29. The smallest absolute Gasteiger partial charge is 0.0780 e. The molecule has 0 heterocycles. The monoisotopic (exact) mass is 318 g/mol. The van der Waals surface area contributed by atoms with Gasteiger partial charge in [-0.3, -0.25) is 0 Å². The van der Waals surface area contributed by atoms with Crippen LogP contribution in [0.25, 0.3) is 0 Å². The minimum Gasteiger partial charge on any atom is -0.331 e. The zero-order valence-corrected chi connectivity index (χ0v) is 16.6. The van der Waals surface area contributed by atoms with Crippen LogP contribution in [0.15, 0.2) is 0 Å². The first kappa shape index (κ1) is 23.6. The van der Waals surface area contributed by atoms with Gasteiger partial charge in [0.1, 0.15) is 0 Å². The number of hydrogen-bond acceptors (Lipinski definition) is 0. The highest BCUT2D eigenvalue weighted by atomic mass is 32.1. The summed E-state index contributed by atoms with van der Waals surface area (Å²) in [6.45, 7) is 3.63. The van der Waals surface area contributed by atoms with Crippen molar-refractivity contribution >= 4 is 13.5 Å². The number of unbranched alkanes of at least 4 members (excludes halogenated alkanes) is 13. The molecule has 0 aromatic heterocycles. The molecular weight excluding hydrogens is 274 g/mol. The van der Waals surface area contributed by atoms with Crippen LogP contribution in [0.3, 0.4) is 0 Å². The van der Waals surface area contributed by atoms with Gasteiger partial charge in [-0.05, 0) is 12.8 Å². The lowest BCUT2D eigenvalue weighted by atomic mass is 10.0. The number of nitrogens with zero attached hydrogens (tertiary/aromatic N) is 1. The molecule has 0 fully saturated rings. The molecule has 0 rings (SSSR count). The molecule has 0 saturated heterocycles. The average Bonchev–Trinajstić information content (AvgIpc) is 2.38. The standard InChI is InChI=1S/C19H42N.H2S/c1-5-6-7-8-9-10-11-12-13-14-15-16-17-18-19-20(2,3)4;/h5-19H2,1-4H3;1H2/q+1;. The summed E-state index contributed by atoms with van der Waals surface area (Å²) < 4.78 is 1.12. The summed E-state index contributed by atoms with van der Waals surface area (Å²) in [6.07, 6.45) is 20.4. The summed E-state index contributed by atoms with van der Waals surface area (Å²) in [5, 5.41) is 0. The fourth-order valence-electron chi connectivity index (χ4n) is 2.78. The first-order valence-electron chi connectivity index (χ1n) is 9.36. The van der Waals surface area contributed by atoms with Crippen LogP contribution < -0.4 is 0 Å². The van der Waals surface area contributed by atoms with E-state index in [9.17, 15) is 0 Å². The third kappa shape index (κ3) is 22.7. The number of hydrogen-bond donors (Lipinski definition) is 0. The van der Waals surface area contributed by atoms with Crippen molar-refractivity contribution < 1.29 is 4.48 Å². The van der Waals surface area contributed by atoms with Crippen LogP contribution in [0.2, 0.25) is 0 Å². The molecule has 0 aliphatic carbocycles. The van der Waals surface area contributed by atoms with Gasteiger partial charge in [0.15, 0.2) is 0 Å². The van der Waals surface area contributed by atoms with Gasteiger partial charge in [-0.15, -0.1) is 0 Å². The summed E-state index contributed by atoms with van der Waals surface area (Å²) in [5.74, 6) is 0. The maximum atomic E-state index is 2.29. The Bertz CT molecular complexity index is 186. The van der Waals surface area contributed by atoms with E-state index in [2.05, 4.69) is 28.1 Å². The average molecular weight is 319 g/mol. The van der Waals surface area contributed by atoms with Gasteiger partial charge in [-0.25, -0.2) is 0 Å². The second-order valence-electron chi connectivity index (χ2n) is 7.61. The normalized spacial score (nSPS) is 11.4. The van der Waals surface area contributed by atoms with E-state index in [0.717, 1.165) is 4.48 Å². The van der Waals surface area contributed by atoms with Crippen LogP contribution in [0, 0.1) is 0 Å². The highest BCUT2D eigenvalue weighted by Gasteiger charge is 2.04. The molecule has 0 N–H and O–H groups in total. The molecule has 130 valence electrons. The van der Waals surface area contributed by atoms with Gasteiger partial charge in [-0.1, -0.05) is 84.0 Å². The molecule has 1 nitrogen and oxygen atoms in total. The fourth-order valence-corrected chi connectivity index (χ4v) is 2.78. The quantitative estimate of drug-likeness (QED) is 0.246. The van der Waals surface area contributed by atoms with Crippen molar-refractivity contribution in [2.45, 2.75) is 96.8 Å². The van der Waals surface area contributed by atoms with E-state index in [0.29, 0.717) is 0 Å². The molecular formula is C19H44NS+. The van der Waals surface area contributed by atoms with E-state index < -0.39 is 0 Å². The third-order valence-electron chi connectivity index (χ3n) is 4.18. The topological polar surface area (TPSA) is 0 Å². The van der Waals surface area contributed by atoms with Crippen molar-refractivity contribution in [3.8, 4) is 0 Å². The van der Waals surface area contributed by atoms with Crippen molar-refractivity contribution in [1.82, 2.24) is 0 Å². The van der Waals surface area contributed by atoms with E-state index in [1.807, 2.05) is 0 Å². The molecule has 21 heavy (non-hydrogen) atoms. The predicted molar refractivity (Wildman–Crippen MR) is 104 cm³/mol. The van der Waals surface area contributed by atoms with Crippen LogP contribution in [-0.2, 0) is 0 Å². The molecule has 0 atom stereocenters. The van der Waals surface area contributed by atoms with E-state index >= 15 is 0 Å². The minimum absolute atomic E-state index is 0. The Labute approximate surface area is 142 Å². The Morgan fingerprint density at radius 2 is 0.762 bits per heavy atom. The van der Waals surface area contributed by atoms with Crippen LogP contribution >= 0.6 is 13.5 Å². The summed E-state index contributed by atoms with van der Waals surface area (Å²) in [4.78, 5) is 0. The highest BCUT2D eigenvalue weighted by Crippen LogP contribution is 2.13. The molecule has 0 saturated carbocycles. The lowest BCUT2D eigenvalue weighted by molar-refractivity contribution is -0.870. The molecule has 0 bridgehead atoms. The molecule has 0 aromatic carbocycles. The first-order valence-corrected chi connectivity index (χ1v) is 9.36. The molecule has 0 spiro atoms. The summed E-state index contributed by atoms with van der Waals surface area (Å²) in [6, 6.07) is 0. The van der Waals surface area contributed by atoms with Crippen molar-refractivity contribution in [2.24, 2.45) is 0 Å². The Balaban J connectivity index is 0. The van der Waals surface area contributed by atoms with Crippen LogP contribution in [0.4, 0.5) is 0 Å². The molecule has 0 aliphatic rings. The lowest BCUT2D eigenvalue weighted by Crippen LogP contribution is -2.35. The van der Waals surface area contributed by atoms with Crippen molar-refractivity contribution in [1.29, 1.82) is 0 Å². The summed E-state index contributed by atoms with van der Waals surface area (Å²) >= 11 is 0. The second kappa shape index (κ2) is 16.7. The van der Waals surface area contributed by atoms with Gasteiger partial charge >= 0.3 is 0 Å². The molecule has 0 radical (unpaired) electrons. The van der Waals surface area contributed by atoms with Gasteiger partial charge < -0.3 is 4.48 Å². The van der Waals surface area contributed by atoms with Gasteiger partial charge in [0, 0.05) is 0 Å². The Morgan fingerprint density at radius 1 is 0.476 bits per heavy atom. The molecule has 0 unspecified atom stereocenters. The first-order chi connectivity index (χ1) is 9.56. The number of rotatable bonds is 15. The fraction of sp³-hybridized carbons (Fsp3) is 1.00. The Kier molecular flexibility index (Phi) is 18.7. The van der Waals surface area contributed by atoms with Crippen LogP contribution in [0.1, 0.15) is 96.8 Å². The molecule has 2 heteroatoms. The van der Waals surface area contributed by atoms with Crippen molar-refractivity contribution in [3.63, 3.8) is 0 Å². The van der Waals surface area contributed by atoms with E-state index in [1.165, 1.54) is 96.4 Å². The van der Waals surface area contributed by atoms with Gasteiger partial charge in [0.25, 0.3) is 0 Å². The second-order valence-corrected chi connectivity index (χ2v) is 7.61. The van der Waals surface area contributed by atoms with E-state index in [1.54, 1.807) is 0 Å². The summed E-state index contributed by atoms with van der Waals surface area (Å²) in [7, 11) is 6.88. The third-order valence-corrected chi connectivity index (χ3v) is 4.18. The molecule has 0 aliphatic heterocycles. The molecule has 0 aromatic rings. The van der Waals surface area contributed by atoms with E-state index in [4.69, 9.17) is 0 Å². The maximum absolute atomic E-state index is 2.29. The van der Waals surface area contributed by atoms with Crippen molar-refractivity contribution in [2.75, 3.05) is 27.7 Å². The van der Waals surface area contributed by atoms with Gasteiger partial charge in [0.2, 0.25) is 0 Å². The summed E-state index contributed by atoms with van der Waals surface area (Å²) in [5.41, 5.74) is 0. The molecule has 0 amide bonds. The van der Waals surface area contributed by atoms with Crippen LogP contribution in [-0.4, -0.2) is 32.2 Å². The minimum atomic E-state index is 0. The maximum Gasteiger partial charge on any atom is 0.0780 e. The zero-order valence-electron chi connectivity index (χ0n) is 15.6. The van der Waals surface area contributed by atoms with Gasteiger partial charge in [-0.2, -0.15) is 13.5 Å². The Hall–Kier alpha value is 0.310. The van der Waals surface area contributed by atoms with Crippen molar-refractivity contribution in [3.05, 3.63) is 0 Å². The van der Waals surface area contributed by atoms with E-state index in [-0.39, 0.29) is 13.5 Å². The zero-order chi connectivity index (χ0) is 15.1. The van der Waals surface area contributed by atoms with Gasteiger partial charge in [0.05, 0.1) is 27.7 Å². The largest absolute Gasteiger partial charge is 0.331 e. The van der Waals surface area contributed by atoms with Crippen LogP contribution in [0.5, 0.6) is 0 Å². The SMILES string of the molecule is CCCCCCCCCCCCCCCC[N+](C)(C)C.S. The highest BCUT2D eigenvalue weighted by molar-refractivity contribution is 7.59.